The lowest BCUT2D eigenvalue weighted by Gasteiger charge is -2.17. The summed E-state index contributed by atoms with van der Waals surface area (Å²) in [5, 5.41) is 0. The van der Waals surface area contributed by atoms with Crippen molar-refractivity contribution in [2.75, 3.05) is 23.4 Å². The zero-order valence-electron chi connectivity index (χ0n) is 10.00. The van der Waals surface area contributed by atoms with E-state index in [1.807, 2.05) is 6.07 Å². The predicted octanol–water partition coefficient (Wildman–Crippen LogP) is 1.52. The Balaban J connectivity index is 2.32. The van der Waals surface area contributed by atoms with E-state index in [1.165, 1.54) is 4.90 Å². The molecule has 1 heterocycles. The molecule has 5 nitrogen and oxygen atoms in total. The fourth-order valence-electron chi connectivity index (χ4n) is 1.61. The number of pyridine rings is 1. The fraction of sp³-hybridized carbons (Fsp3) is 0.0769. The second-order valence-electron chi connectivity index (χ2n) is 3.90. The molecule has 0 unspecified atom stereocenters. The first-order valence-corrected chi connectivity index (χ1v) is 5.43. The van der Waals surface area contributed by atoms with Gasteiger partial charge in [0.05, 0.1) is 5.56 Å². The van der Waals surface area contributed by atoms with Crippen molar-refractivity contribution in [3.05, 3.63) is 48.2 Å². The normalized spacial score (nSPS) is 10.1. The Morgan fingerprint density at radius 2 is 2.00 bits per heavy atom. The van der Waals surface area contributed by atoms with Crippen LogP contribution in [0.5, 0.6) is 0 Å². The highest BCUT2D eigenvalue weighted by Crippen LogP contribution is 2.19. The van der Waals surface area contributed by atoms with Gasteiger partial charge in [0.2, 0.25) is 0 Å². The monoisotopic (exact) mass is 242 g/mol. The van der Waals surface area contributed by atoms with Crippen molar-refractivity contribution >= 4 is 23.1 Å². The van der Waals surface area contributed by atoms with Crippen LogP contribution in [0.1, 0.15) is 10.4 Å². The number of nitrogens with zero attached hydrogens (tertiary/aromatic N) is 2. The quantitative estimate of drug-likeness (QED) is 0.782. The average Bonchev–Trinajstić information content (AvgIpc) is 2.38. The lowest BCUT2D eigenvalue weighted by molar-refractivity contribution is 0.0993. The minimum atomic E-state index is -0.216. The number of carbonyl (C=O) groups is 1. The molecule has 92 valence electrons. The molecule has 0 aliphatic rings. The van der Waals surface area contributed by atoms with Gasteiger partial charge in [-0.25, -0.2) is 4.98 Å². The van der Waals surface area contributed by atoms with Gasteiger partial charge in [-0.1, -0.05) is 6.07 Å². The third-order valence-corrected chi connectivity index (χ3v) is 2.60. The van der Waals surface area contributed by atoms with Crippen molar-refractivity contribution in [3.63, 3.8) is 0 Å². The van der Waals surface area contributed by atoms with Gasteiger partial charge in [0.25, 0.3) is 5.91 Å². The number of hydrogen-bond donors (Lipinski definition) is 2. The number of nitrogens with two attached hydrogens (primary N) is 2. The zero-order valence-corrected chi connectivity index (χ0v) is 10.00. The van der Waals surface area contributed by atoms with E-state index in [9.17, 15) is 4.79 Å². The molecule has 2 rings (SSSR count). The summed E-state index contributed by atoms with van der Waals surface area (Å²) in [7, 11) is 1.65. The van der Waals surface area contributed by atoms with E-state index in [-0.39, 0.29) is 5.91 Å². The molecule has 0 fully saturated rings. The molecule has 0 spiro atoms. The number of anilines is 3. The Hall–Kier alpha value is -2.56. The number of carbonyl (C=O) groups excluding carboxylic acids is 1. The van der Waals surface area contributed by atoms with Crippen LogP contribution in [0.2, 0.25) is 0 Å². The van der Waals surface area contributed by atoms with E-state index >= 15 is 0 Å². The van der Waals surface area contributed by atoms with Crippen molar-refractivity contribution in [2.24, 2.45) is 0 Å². The first-order valence-electron chi connectivity index (χ1n) is 5.43. The Bertz CT molecular complexity index is 568. The molecular weight excluding hydrogens is 228 g/mol. The number of aromatic nitrogens is 1. The summed E-state index contributed by atoms with van der Waals surface area (Å²) in [6, 6.07) is 10.2. The van der Waals surface area contributed by atoms with Crippen LogP contribution in [-0.2, 0) is 0 Å². The number of nitrogen functional groups attached to an aromatic ring is 2. The van der Waals surface area contributed by atoms with Gasteiger partial charge in [0, 0.05) is 24.6 Å². The van der Waals surface area contributed by atoms with Crippen LogP contribution < -0.4 is 16.4 Å². The van der Waals surface area contributed by atoms with Gasteiger partial charge in [0.15, 0.2) is 0 Å². The van der Waals surface area contributed by atoms with Gasteiger partial charge in [-0.2, -0.15) is 0 Å². The third kappa shape index (κ3) is 2.24. The highest BCUT2D eigenvalue weighted by Gasteiger charge is 2.16. The molecule has 0 saturated carbocycles. The predicted molar refractivity (Wildman–Crippen MR) is 72.2 cm³/mol. The molecule has 0 saturated heterocycles. The third-order valence-electron chi connectivity index (χ3n) is 2.60. The molecule has 18 heavy (non-hydrogen) atoms. The molecule has 0 atom stereocenters. The van der Waals surface area contributed by atoms with Crippen molar-refractivity contribution in [1.82, 2.24) is 4.98 Å². The van der Waals surface area contributed by atoms with Gasteiger partial charge >= 0.3 is 0 Å². The molecule has 1 aromatic heterocycles. The van der Waals surface area contributed by atoms with Gasteiger partial charge in [0.1, 0.15) is 5.82 Å². The topological polar surface area (TPSA) is 85.2 Å². The summed E-state index contributed by atoms with van der Waals surface area (Å²) >= 11 is 0. The summed E-state index contributed by atoms with van der Waals surface area (Å²) < 4.78 is 0. The van der Waals surface area contributed by atoms with E-state index in [0.717, 1.165) is 0 Å². The van der Waals surface area contributed by atoms with Gasteiger partial charge in [-0.05, 0) is 30.3 Å². The highest BCUT2D eigenvalue weighted by atomic mass is 16.2. The maximum Gasteiger partial charge on any atom is 0.261 e. The molecule has 2 aromatic rings. The summed E-state index contributed by atoms with van der Waals surface area (Å²) in [6.45, 7) is 0. The van der Waals surface area contributed by atoms with Gasteiger partial charge < -0.3 is 11.5 Å². The standard InChI is InChI=1S/C13H14N4O/c1-17(12-4-2-3-7-16-12)13(18)10-6-5-9(14)8-11(10)15/h2-8H,14-15H2,1H3. The Labute approximate surface area is 105 Å². The summed E-state index contributed by atoms with van der Waals surface area (Å²) in [4.78, 5) is 17.8. The molecular formula is C13H14N4O. The number of benzene rings is 1. The molecule has 4 N–H and O–H groups in total. The van der Waals surface area contributed by atoms with Crippen LogP contribution in [-0.4, -0.2) is 17.9 Å². The first-order chi connectivity index (χ1) is 8.59. The second-order valence-corrected chi connectivity index (χ2v) is 3.90. The molecule has 0 aliphatic carbocycles. The van der Waals surface area contributed by atoms with Crippen LogP contribution in [0.25, 0.3) is 0 Å². The van der Waals surface area contributed by atoms with Crippen LogP contribution in [0, 0.1) is 0 Å². The van der Waals surface area contributed by atoms with Gasteiger partial charge in [-0.3, -0.25) is 9.69 Å². The average molecular weight is 242 g/mol. The smallest absolute Gasteiger partial charge is 0.261 e. The van der Waals surface area contributed by atoms with Crippen LogP contribution >= 0.6 is 0 Å². The Morgan fingerprint density at radius 1 is 1.22 bits per heavy atom. The van der Waals surface area contributed by atoms with E-state index in [4.69, 9.17) is 11.5 Å². The molecule has 1 amide bonds. The lowest BCUT2D eigenvalue weighted by Crippen LogP contribution is -2.27. The second kappa shape index (κ2) is 4.75. The van der Waals surface area contributed by atoms with E-state index in [0.29, 0.717) is 22.8 Å². The summed E-state index contributed by atoms with van der Waals surface area (Å²) in [6.07, 6.45) is 1.63. The fourth-order valence-corrected chi connectivity index (χ4v) is 1.61. The minimum absolute atomic E-state index is 0.216. The molecule has 5 heteroatoms. The number of hydrogen-bond acceptors (Lipinski definition) is 4. The van der Waals surface area contributed by atoms with Crippen LogP contribution in [0.4, 0.5) is 17.2 Å². The maximum atomic E-state index is 12.2. The number of rotatable bonds is 2. The molecule has 0 bridgehead atoms. The molecule has 1 aromatic carbocycles. The largest absolute Gasteiger partial charge is 0.399 e. The Kier molecular flexibility index (Phi) is 3.14. The van der Waals surface area contributed by atoms with Crippen LogP contribution in [0.15, 0.2) is 42.6 Å². The molecule has 0 aliphatic heterocycles. The van der Waals surface area contributed by atoms with Gasteiger partial charge in [-0.15, -0.1) is 0 Å². The van der Waals surface area contributed by atoms with Crippen molar-refractivity contribution in [2.45, 2.75) is 0 Å². The number of amides is 1. The maximum absolute atomic E-state index is 12.2. The highest BCUT2D eigenvalue weighted by molar-refractivity contribution is 6.08. The summed E-state index contributed by atoms with van der Waals surface area (Å²) in [5.74, 6) is 0.352. The van der Waals surface area contributed by atoms with E-state index in [1.54, 1.807) is 43.6 Å². The minimum Gasteiger partial charge on any atom is -0.399 e. The first kappa shape index (κ1) is 11.9. The SMILES string of the molecule is CN(C(=O)c1ccc(N)cc1N)c1ccccn1. The van der Waals surface area contributed by atoms with E-state index < -0.39 is 0 Å². The Morgan fingerprint density at radius 3 is 2.61 bits per heavy atom. The van der Waals surface area contributed by atoms with Crippen LogP contribution in [0.3, 0.4) is 0 Å². The van der Waals surface area contributed by atoms with Crippen molar-refractivity contribution in [1.29, 1.82) is 0 Å². The van der Waals surface area contributed by atoms with Crippen molar-refractivity contribution < 1.29 is 4.79 Å². The molecule has 0 radical (unpaired) electrons. The zero-order chi connectivity index (χ0) is 13.1. The van der Waals surface area contributed by atoms with E-state index in [2.05, 4.69) is 4.98 Å². The lowest BCUT2D eigenvalue weighted by atomic mass is 10.1. The summed E-state index contributed by atoms with van der Waals surface area (Å²) in [5.41, 5.74) is 12.7. The van der Waals surface area contributed by atoms with Crippen molar-refractivity contribution in [3.8, 4) is 0 Å².